The molecule has 0 heterocycles. The number of rotatable bonds is 19. The van der Waals surface area contributed by atoms with Gasteiger partial charge < -0.3 is 10.4 Å². The lowest BCUT2D eigenvalue weighted by molar-refractivity contribution is -0.138. The maximum atomic E-state index is 10.6. The zero-order valence-electron chi connectivity index (χ0n) is 16.5. The highest BCUT2D eigenvalue weighted by molar-refractivity contribution is 5.72. The molecule has 0 aliphatic carbocycles. The maximum Gasteiger partial charge on any atom is 0.320 e. The number of carbonyl (C=O) groups is 1. The molecule has 144 valence electrons. The van der Waals surface area contributed by atoms with Crippen LogP contribution in [0.3, 0.4) is 0 Å². The van der Waals surface area contributed by atoms with Crippen LogP contribution in [0.5, 0.6) is 0 Å². The molecule has 0 unspecified atom stereocenters. The third-order valence-corrected chi connectivity index (χ3v) is 4.85. The summed E-state index contributed by atoms with van der Waals surface area (Å²) in [5.41, 5.74) is 0. The summed E-state index contributed by atoms with van der Waals surface area (Å²) in [6.07, 6.45) is 21.9. The Hall–Kier alpha value is -0.570. The van der Waals surface area contributed by atoms with Crippen molar-refractivity contribution in [1.82, 2.24) is 5.32 Å². The Morgan fingerprint density at radius 3 is 1.38 bits per heavy atom. The number of aliphatic carboxylic acids is 1. The van der Waals surface area contributed by atoms with E-state index in [-0.39, 0.29) is 0 Å². The Bertz CT molecular complexity index is 269. The van der Waals surface area contributed by atoms with Gasteiger partial charge in [-0.25, -0.2) is 0 Å². The monoisotopic (exact) mass is 341 g/mol. The van der Waals surface area contributed by atoms with Gasteiger partial charge in [-0.3, -0.25) is 4.79 Å². The lowest BCUT2D eigenvalue weighted by Crippen LogP contribution is -2.34. The summed E-state index contributed by atoms with van der Waals surface area (Å²) in [4.78, 5) is 10.6. The van der Waals surface area contributed by atoms with E-state index in [2.05, 4.69) is 12.2 Å². The molecule has 2 N–H and O–H groups in total. The summed E-state index contributed by atoms with van der Waals surface area (Å²) in [5.74, 6) is -0.758. The molecular weight excluding hydrogens is 298 g/mol. The molecule has 3 heteroatoms. The largest absolute Gasteiger partial charge is 0.480 e. The van der Waals surface area contributed by atoms with Crippen LogP contribution in [0.25, 0.3) is 0 Å². The third-order valence-electron chi connectivity index (χ3n) is 4.85. The summed E-state index contributed by atoms with van der Waals surface area (Å²) in [6, 6.07) is -0.415. The molecule has 0 aromatic rings. The highest BCUT2D eigenvalue weighted by atomic mass is 16.4. The molecule has 0 radical (unpaired) electrons. The van der Waals surface area contributed by atoms with Gasteiger partial charge in [0, 0.05) is 0 Å². The van der Waals surface area contributed by atoms with Crippen molar-refractivity contribution in [2.75, 3.05) is 6.54 Å². The second-order valence-corrected chi connectivity index (χ2v) is 7.32. The Morgan fingerprint density at radius 1 is 0.708 bits per heavy atom. The second-order valence-electron chi connectivity index (χ2n) is 7.32. The molecule has 0 aliphatic heterocycles. The fraction of sp³-hybridized carbons (Fsp3) is 0.952. The van der Waals surface area contributed by atoms with Gasteiger partial charge in [0.2, 0.25) is 0 Å². The van der Waals surface area contributed by atoms with E-state index >= 15 is 0 Å². The molecule has 0 rings (SSSR count). The molecule has 0 aromatic heterocycles. The summed E-state index contributed by atoms with van der Waals surface area (Å²) in [5, 5.41) is 11.8. The molecule has 0 fully saturated rings. The van der Waals surface area contributed by atoms with E-state index in [1.807, 2.05) is 0 Å². The number of hydrogen-bond donors (Lipinski definition) is 2. The van der Waals surface area contributed by atoms with Gasteiger partial charge in [0.15, 0.2) is 0 Å². The molecule has 1 atom stereocenters. The molecule has 0 aromatic carbocycles. The Morgan fingerprint density at radius 2 is 1.04 bits per heavy atom. The van der Waals surface area contributed by atoms with E-state index in [1.165, 1.54) is 96.3 Å². The van der Waals surface area contributed by atoms with Crippen LogP contribution < -0.4 is 5.32 Å². The molecule has 24 heavy (non-hydrogen) atoms. The normalized spacial score (nSPS) is 12.4. The average molecular weight is 342 g/mol. The molecule has 0 aliphatic rings. The van der Waals surface area contributed by atoms with Crippen LogP contribution >= 0.6 is 0 Å². The molecule has 3 nitrogen and oxygen atoms in total. The first-order valence-corrected chi connectivity index (χ1v) is 10.6. The van der Waals surface area contributed by atoms with E-state index in [4.69, 9.17) is 5.11 Å². The molecule has 0 bridgehead atoms. The maximum absolute atomic E-state index is 10.6. The fourth-order valence-corrected chi connectivity index (χ4v) is 3.08. The van der Waals surface area contributed by atoms with Crippen molar-refractivity contribution in [3.05, 3.63) is 0 Å². The summed E-state index contributed by atoms with van der Waals surface area (Å²) in [6.45, 7) is 4.81. The molecule has 0 saturated carbocycles. The first kappa shape index (κ1) is 23.4. The lowest BCUT2D eigenvalue weighted by atomic mass is 10.0. The summed E-state index contributed by atoms with van der Waals surface area (Å²) < 4.78 is 0. The average Bonchev–Trinajstić information content (AvgIpc) is 2.57. The highest BCUT2D eigenvalue weighted by Gasteiger charge is 2.07. The third kappa shape index (κ3) is 17.8. The van der Waals surface area contributed by atoms with E-state index in [1.54, 1.807) is 6.92 Å². The topological polar surface area (TPSA) is 49.3 Å². The van der Waals surface area contributed by atoms with Crippen LogP contribution in [-0.4, -0.2) is 23.7 Å². The van der Waals surface area contributed by atoms with Gasteiger partial charge in [-0.1, -0.05) is 103 Å². The fourth-order valence-electron chi connectivity index (χ4n) is 3.08. The highest BCUT2D eigenvalue weighted by Crippen LogP contribution is 2.13. The minimum atomic E-state index is -0.758. The van der Waals surface area contributed by atoms with Crippen LogP contribution in [-0.2, 0) is 4.79 Å². The predicted molar refractivity (Wildman–Crippen MR) is 105 cm³/mol. The number of carboxylic acids is 1. The van der Waals surface area contributed by atoms with Crippen LogP contribution in [0.2, 0.25) is 0 Å². The van der Waals surface area contributed by atoms with Crippen molar-refractivity contribution >= 4 is 5.97 Å². The Labute approximate surface area is 151 Å². The number of hydrogen-bond acceptors (Lipinski definition) is 2. The van der Waals surface area contributed by atoms with E-state index in [0.717, 1.165) is 13.0 Å². The smallest absolute Gasteiger partial charge is 0.320 e. The second kappa shape index (κ2) is 18.8. The van der Waals surface area contributed by atoms with Crippen molar-refractivity contribution in [3.63, 3.8) is 0 Å². The molecule has 0 spiro atoms. The van der Waals surface area contributed by atoms with E-state index < -0.39 is 12.0 Å². The van der Waals surface area contributed by atoms with Crippen molar-refractivity contribution in [2.24, 2.45) is 0 Å². The van der Waals surface area contributed by atoms with E-state index in [9.17, 15) is 4.79 Å². The zero-order valence-corrected chi connectivity index (χ0v) is 16.5. The van der Waals surface area contributed by atoms with Gasteiger partial charge >= 0.3 is 5.97 Å². The lowest BCUT2D eigenvalue weighted by Gasteiger charge is -2.08. The standard InChI is InChI=1S/C21H43NO2/c1-3-4-5-6-7-8-9-10-11-12-13-14-15-16-17-18-19-22-20(2)21(23)24/h20,22H,3-19H2,1-2H3,(H,23,24)/t20-/m0/s1. The number of carboxylic acid groups (broad SMARTS) is 1. The molecule has 0 amide bonds. The van der Waals surface area contributed by atoms with Gasteiger partial charge in [-0.2, -0.15) is 0 Å². The van der Waals surface area contributed by atoms with Gasteiger partial charge in [0.05, 0.1) is 0 Å². The zero-order chi connectivity index (χ0) is 17.9. The van der Waals surface area contributed by atoms with Gasteiger partial charge in [-0.15, -0.1) is 0 Å². The van der Waals surface area contributed by atoms with Gasteiger partial charge in [-0.05, 0) is 19.9 Å². The van der Waals surface area contributed by atoms with Crippen molar-refractivity contribution < 1.29 is 9.90 Å². The SMILES string of the molecule is CCCCCCCCCCCCCCCCCCN[C@@H](C)C(=O)O. The van der Waals surface area contributed by atoms with Crippen LogP contribution in [0.1, 0.15) is 117 Å². The minimum Gasteiger partial charge on any atom is -0.480 e. The van der Waals surface area contributed by atoms with Crippen molar-refractivity contribution in [1.29, 1.82) is 0 Å². The number of nitrogens with one attached hydrogen (secondary N) is 1. The van der Waals surface area contributed by atoms with Crippen molar-refractivity contribution in [3.8, 4) is 0 Å². The molecule has 0 saturated heterocycles. The van der Waals surface area contributed by atoms with Gasteiger partial charge in [0.1, 0.15) is 6.04 Å². The first-order chi connectivity index (χ1) is 11.7. The van der Waals surface area contributed by atoms with Crippen LogP contribution in [0.4, 0.5) is 0 Å². The Balaban J connectivity index is 3.04. The van der Waals surface area contributed by atoms with Crippen molar-refractivity contribution in [2.45, 2.75) is 123 Å². The van der Waals surface area contributed by atoms with E-state index in [0.29, 0.717) is 0 Å². The summed E-state index contributed by atoms with van der Waals surface area (Å²) in [7, 11) is 0. The van der Waals surface area contributed by atoms with Crippen LogP contribution in [0.15, 0.2) is 0 Å². The van der Waals surface area contributed by atoms with Gasteiger partial charge in [0.25, 0.3) is 0 Å². The first-order valence-electron chi connectivity index (χ1n) is 10.6. The predicted octanol–water partition coefficient (Wildman–Crippen LogP) is 6.31. The molecular formula is C21H43NO2. The summed E-state index contributed by atoms with van der Waals surface area (Å²) >= 11 is 0. The quantitative estimate of drug-likeness (QED) is 0.271. The number of unbranched alkanes of at least 4 members (excludes halogenated alkanes) is 15. The minimum absolute atomic E-state index is 0.415. The van der Waals surface area contributed by atoms with Crippen LogP contribution in [0, 0.1) is 0 Å². The Kier molecular flexibility index (Phi) is 18.3.